The van der Waals surface area contributed by atoms with Crippen LogP contribution in [-0.2, 0) is 6.54 Å². The van der Waals surface area contributed by atoms with Gasteiger partial charge in [-0.1, -0.05) is 18.5 Å². The normalized spacial score (nSPS) is 16.6. The van der Waals surface area contributed by atoms with Crippen LogP contribution in [0.5, 0.6) is 0 Å². The van der Waals surface area contributed by atoms with Crippen LogP contribution in [0.15, 0.2) is 24.3 Å². The summed E-state index contributed by atoms with van der Waals surface area (Å²) in [5.41, 5.74) is 2.29. The zero-order valence-electron chi connectivity index (χ0n) is 15.2. The number of benzene rings is 1. The summed E-state index contributed by atoms with van der Waals surface area (Å²) < 4.78 is 0. The predicted molar refractivity (Wildman–Crippen MR) is 111 cm³/mol. The molecule has 6 nitrogen and oxygen atoms in total. The van der Waals surface area contributed by atoms with E-state index in [9.17, 15) is 4.79 Å². The van der Waals surface area contributed by atoms with Crippen molar-refractivity contribution in [3.8, 4) is 0 Å². The van der Waals surface area contributed by atoms with Gasteiger partial charge in [-0.05, 0) is 30.7 Å². The molecule has 8 heteroatoms. The summed E-state index contributed by atoms with van der Waals surface area (Å²) in [6.07, 6.45) is 0.920. The van der Waals surface area contributed by atoms with E-state index < -0.39 is 0 Å². The maximum Gasteiger partial charge on any atom is 0.273 e. The maximum atomic E-state index is 12.8. The number of halogens is 1. The van der Waals surface area contributed by atoms with Crippen LogP contribution >= 0.6 is 23.4 Å². The van der Waals surface area contributed by atoms with Crippen molar-refractivity contribution >= 4 is 46.7 Å². The quantitative estimate of drug-likeness (QED) is 0.819. The summed E-state index contributed by atoms with van der Waals surface area (Å²) in [5, 5.41) is 4.06. The number of nitrogens with one attached hydrogen (secondary N) is 1. The minimum atomic E-state index is 0.000963. The molecule has 1 N–H and O–H groups in total. The van der Waals surface area contributed by atoms with Crippen LogP contribution in [0, 0.1) is 0 Å². The van der Waals surface area contributed by atoms with Gasteiger partial charge in [0.15, 0.2) is 0 Å². The Labute approximate surface area is 168 Å². The molecule has 142 valence electrons. The van der Waals surface area contributed by atoms with Crippen molar-refractivity contribution in [2.45, 2.75) is 19.9 Å². The smallest absolute Gasteiger partial charge is 0.273 e. The van der Waals surface area contributed by atoms with Crippen LogP contribution in [0.4, 0.5) is 17.5 Å². The lowest BCUT2D eigenvalue weighted by atomic mass is 10.2. The molecule has 0 aliphatic carbocycles. The van der Waals surface area contributed by atoms with Gasteiger partial charge >= 0.3 is 0 Å². The number of nitrogens with zero attached hydrogens (tertiary/aromatic N) is 4. The number of carbonyl (C=O) groups is 1. The summed E-state index contributed by atoms with van der Waals surface area (Å²) in [7, 11) is 0. The standard InChI is InChI=1S/C19H22ClN5OS/c1-2-7-25-12-15-16(18(25)26)22-19(24-8-10-27-11-9-24)23-17(15)21-14-5-3-13(20)4-6-14/h3-6H,2,7-12H2,1H3,(H,21,22,23). The van der Waals surface area contributed by atoms with Crippen LogP contribution < -0.4 is 10.2 Å². The van der Waals surface area contributed by atoms with Gasteiger partial charge in [-0.3, -0.25) is 4.79 Å². The van der Waals surface area contributed by atoms with Crippen molar-refractivity contribution in [1.29, 1.82) is 0 Å². The number of carbonyl (C=O) groups excluding carboxylic acids is 1. The highest BCUT2D eigenvalue weighted by atomic mass is 35.5. The first-order valence-corrected chi connectivity index (χ1v) is 10.7. The van der Waals surface area contributed by atoms with E-state index in [1.165, 1.54) is 0 Å². The lowest BCUT2D eigenvalue weighted by Crippen LogP contribution is -2.34. The lowest BCUT2D eigenvalue weighted by molar-refractivity contribution is 0.0774. The molecule has 0 spiro atoms. The molecular formula is C19H22ClN5OS. The first-order valence-electron chi connectivity index (χ1n) is 9.21. The van der Waals surface area contributed by atoms with E-state index in [4.69, 9.17) is 16.6 Å². The average Bonchev–Trinajstić information content (AvgIpc) is 3.01. The molecule has 0 unspecified atom stereocenters. The maximum absolute atomic E-state index is 12.8. The molecule has 2 aromatic rings. The molecule has 27 heavy (non-hydrogen) atoms. The van der Waals surface area contributed by atoms with Gasteiger partial charge in [0.25, 0.3) is 5.91 Å². The summed E-state index contributed by atoms with van der Waals surface area (Å²) in [5.74, 6) is 3.45. The topological polar surface area (TPSA) is 61.4 Å². The third-order valence-corrected chi connectivity index (χ3v) is 5.92. The second kappa shape index (κ2) is 7.94. The average molecular weight is 404 g/mol. The number of amides is 1. The number of rotatable bonds is 5. The minimum absolute atomic E-state index is 0.000963. The van der Waals surface area contributed by atoms with E-state index in [0.29, 0.717) is 29.0 Å². The molecule has 4 rings (SSSR count). The third kappa shape index (κ3) is 3.84. The van der Waals surface area contributed by atoms with Crippen molar-refractivity contribution < 1.29 is 4.79 Å². The molecule has 1 aromatic heterocycles. The molecule has 0 radical (unpaired) electrons. The van der Waals surface area contributed by atoms with E-state index >= 15 is 0 Å². The zero-order chi connectivity index (χ0) is 18.8. The molecule has 0 atom stereocenters. The second-order valence-corrected chi connectivity index (χ2v) is 8.32. The number of aromatic nitrogens is 2. The third-order valence-electron chi connectivity index (χ3n) is 4.73. The fourth-order valence-corrected chi connectivity index (χ4v) is 4.37. The SMILES string of the molecule is CCCN1Cc2c(Nc3ccc(Cl)cc3)nc(N3CCSCC3)nc2C1=O. The Morgan fingerprint density at radius 1 is 1.19 bits per heavy atom. The molecule has 0 saturated carbocycles. The minimum Gasteiger partial charge on any atom is -0.340 e. The highest BCUT2D eigenvalue weighted by Gasteiger charge is 2.33. The number of anilines is 3. The molecule has 3 heterocycles. The second-order valence-electron chi connectivity index (χ2n) is 6.66. The molecule has 0 bridgehead atoms. The number of fused-ring (bicyclic) bond motifs is 1. The molecule has 2 aliphatic heterocycles. The van der Waals surface area contributed by atoms with E-state index in [2.05, 4.69) is 22.1 Å². The number of hydrogen-bond donors (Lipinski definition) is 1. The first kappa shape index (κ1) is 18.4. The van der Waals surface area contributed by atoms with Crippen LogP contribution in [0.3, 0.4) is 0 Å². The van der Waals surface area contributed by atoms with Gasteiger partial charge in [-0.15, -0.1) is 0 Å². The Morgan fingerprint density at radius 3 is 2.63 bits per heavy atom. The summed E-state index contributed by atoms with van der Waals surface area (Å²) in [6, 6.07) is 7.49. The van der Waals surface area contributed by atoms with E-state index in [1.807, 2.05) is 40.9 Å². The Balaban J connectivity index is 1.72. The molecule has 1 amide bonds. The van der Waals surface area contributed by atoms with Gasteiger partial charge in [0.1, 0.15) is 11.5 Å². The van der Waals surface area contributed by atoms with Crippen molar-refractivity contribution in [3.63, 3.8) is 0 Å². The zero-order valence-corrected chi connectivity index (χ0v) is 16.8. The van der Waals surface area contributed by atoms with Crippen molar-refractivity contribution in [1.82, 2.24) is 14.9 Å². The molecule has 1 aromatic carbocycles. The van der Waals surface area contributed by atoms with Gasteiger partial charge in [0, 0.05) is 47.4 Å². The highest BCUT2D eigenvalue weighted by molar-refractivity contribution is 7.99. The van der Waals surface area contributed by atoms with Gasteiger partial charge in [0.2, 0.25) is 5.95 Å². The molecule has 2 aliphatic rings. The molecule has 1 saturated heterocycles. The van der Waals surface area contributed by atoms with Crippen LogP contribution in [0.1, 0.15) is 29.4 Å². The Bertz CT molecular complexity index is 839. The largest absolute Gasteiger partial charge is 0.340 e. The fraction of sp³-hybridized carbons (Fsp3) is 0.421. The Hall–Kier alpha value is -1.99. The van der Waals surface area contributed by atoms with Crippen molar-refractivity contribution in [2.75, 3.05) is 41.4 Å². The van der Waals surface area contributed by atoms with E-state index in [0.717, 1.165) is 48.8 Å². The molecular weight excluding hydrogens is 382 g/mol. The summed E-state index contributed by atoms with van der Waals surface area (Å²) in [4.78, 5) is 26.3. The predicted octanol–water partition coefficient (Wildman–Crippen LogP) is 3.79. The van der Waals surface area contributed by atoms with Crippen molar-refractivity contribution in [2.24, 2.45) is 0 Å². The Kier molecular flexibility index (Phi) is 5.41. The van der Waals surface area contributed by atoms with Gasteiger partial charge < -0.3 is 15.1 Å². The lowest BCUT2D eigenvalue weighted by Gasteiger charge is -2.27. The highest BCUT2D eigenvalue weighted by Crippen LogP contribution is 2.31. The number of hydrogen-bond acceptors (Lipinski definition) is 6. The van der Waals surface area contributed by atoms with E-state index in [-0.39, 0.29) is 5.91 Å². The van der Waals surface area contributed by atoms with Gasteiger partial charge in [-0.2, -0.15) is 16.7 Å². The van der Waals surface area contributed by atoms with Gasteiger partial charge in [0.05, 0.1) is 6.54 Å². The Morgan fingerprint density at radius 2 is 1.93 bits per heavy atom. The summed E-state index contributed by atoms with van der Waals surface area (Å²) in [6.45, 7) is 5.15. The summed E-state index contributed by atoms with van der Waals surface area (Å²) >= 11 is 7.93. The van der Waals surface area contributed by atoms with Crippen LogP contribution in [-0.4, -0.2) is 51.9 Å². The van der Waals surface area contributed by atoms with Gasteiger partial charge in [-0.25, -0.2) is 4.98 Å². The van der Waals surface area contributed by atoms with Crippen LogP contribution in [0.2, 0.25) is 5.02 Å². The van der Waals surface area contributed by atoms with Crippen LogP contribution in [0.25, 0.3) is 0 Å². The molecule has 1 fully saturated rings. The van der Waals surface area contributed by atoms with Crippen molar-refractivity contribution in [3.05, 3.63) is 40.5 Å². The fourth-order valence-electron chi connectivity index (χ4n) is 3.34. The monoisotopic (exact) mass is 403 g/mol. The number of thioether (sulfide) groups is 1. The van der Waals surface area contributed by atoms with E-state index in [1.54, 1.807) is 0 Å². The first-order chi connectivity index (χ1) is 13.2.